The van der Waals surface area contributed by atoms with Crippen LogP contribution < -0.4 is 11.3 Å². The van der Waals surface area contributed by atoms with Crippen molar-refractivity contribution in [2.75, 3.05) is 19.0 Å². The second-order valence-electron chi connectivity index (χ2n) is 5.04. The van der Waals surface area contributed by atoms with Crippen LogP contribution in [0.3, 0.4) is 0 Å². The topological polar surface area (TPSA) is 71.2 Å². The highest BCUT2D eigenvalue weighted by Crippen LogP contribution is 2.25. The van der Waals surface area contributed by atoms with Gasteiger partial charge in [0.25, 0.3) is 5.91 Å². The fourth-order valence-corrected chi connectivity index (χ4v) is 2.79. The lowest BCUT2D eigenvalue weighted by atomic mass is 10.1. The molecule has 1 aromatic rings. The van der Waals surface area contributed by atoms with Crippen LogP contribution in [-0.4, -0.2) is 29.4 Å². The molecule has 0 spiro atoms. The molecular formula is C13H19ClN4O. The lowest BCUT2D eigenvalue weighted by Gasteiger charge is -2.21. The number of nitrogen functional groups attached to an aromatic ring is 1. The fourth-order valence-electron chi connectivity index (χ4n) is 2.58. The molecule has 0 radical (unpaired) electrons. The van der Waals surface area contributed by atoms with Crippen molar-refractivity contribution in [3.63, 3.8) is 0 Å². The predicted molar refractivity (Wildman–Crippen MR) is 76.0 cm³/mol. The molecule has 0 aromatic carbocycles. The minimum Gasteiger partial charge on any atom is -0.341 e. The van der Waals surface area contributed by atoms with Crippen molar-refractivity contribution in [3.05, 3.63) is 22.8 Å². The minimum absolute atomic E-state index is 0.0484. The van der Waals surface area contributed by atoms with Crippen molar-refractivity contribution >= 4 is 23.3 Å². The average Bonchev–Trinajstić information content (AvgIpc) is 2.89. The zero-order valence-corrected chi connectivity index (χ0v) is 11.8. The lowest BCUT2D eigenvalue weighted by molar-refractivity contribution is 0.0773. The van der Waals surface area contributed by atoms with Crippen LogP contribution in [-0.2, 0) is 0 Å². The van der Waals surface area contributed by atoms with Crippen LogP contribution in [0.1, 0.15) is 36.0 Å². The van der Waals surface area contributed by atoms with Crippen molar-refractivity contribution in [1.82, 2.24) is 9.88 Å². The highest BCUT2D eigenvalue weighted by molar-refractivity contribution is 6.29. The van der Waals surface area contributed by atoms with Gasteiger partial charge in [-0.25, -0.2) is 10.8 Å². The van der Waals surface area contributed by atoms with E-state index in [9.17, 15) is 4.79 Å². The third kappa shape index (κ3) is 3.58. The molecule has 0 bridgehead atoms. The molecule has 0 saturated heterocycles. The number of rotatable bonds is 4. The average molecular weight is 283 g/mol. The minimum atomic E-state index is -0.0484. The van der Waals surface area contributed by atoms with E-state index < -0.39 is 0 Å². The number of halogens is 1. The maximum absolute atomic E-state index is 12.3. The number of hydrogen-bond acceptors (Lipinski definition) is 4. The molecule has 1 heterocycles. The highest BCUT2D eigenvalue weighted by atomic mass is 35.5. The zero-order valence-electron chi connectivity index (χ0n) is 11.0. The Hall–Kier alpha value is -1.33. The van der Waals surface area contributed by atoms with Crippen molar-refractivity contribution in [3.8, 4) is 0 Å². The highest BCUT2D eigenvalue weighted by Gasteiger charge is 2.20. The van der Waals surface area contributed by atoms with Gasteiger partial charge in [0.15, 0.2) is 0 Å². The molecule has 1 aliphatic carbocycles. The van der Waals surface area contributed by atoms with E-state index in [1.807, 2.05) is 7.05 Å². The van der Waals surface area contributed by atoms with Crippen LogP contribution in [0.4, 0.5) is 5.82 Å². The van der Waals surface area contributed by atoms with Gasteiger partial charge in [0, 0.05) is 19.2 Å². The zero-order chi connectivity index (χ0) is 13.8. The number of anilines is 1. The van der Waals surface area contributed by atoms with Crippen molar-refractivity contribution in [2.24, 2.45) is 11.8 Å². The monoisotopic (exact) mass is 282 g/mol. The number of amides is 1. The van der Waals surface area contributed by atoms with Gasteiger partial charge in [0.1, 0.15) is 11.0 Å². The van der Waals surface area contributed by atoms with Gasteiger partial charge < -0.3 is 10.3 Å². The summed E-state index contributed by atoms with van der Waals surface area (Å²) in [5.74, 6) is 6.27. The van der Waals surface area contributed by atoms with Crippen LogP contribution in [0.2, 0.25) is 5.15 Å². The van der Waals surface area contributed by atoms with Crippen molar-refractivity contribution in [1.29, 1.82) is 0 Å². The summed E-state index contributed by atoms with van der Waals surface area (Å²) >= 11 is 5.87. The maximum atomic E-state index is 12.3. The number of aromatic nitrogens is 1. The summed E-state index contributed by atoms with van der Waals surface area (Å²) in [6.07, 6.45) is 4.97. The number of pyridine rings is 1. The summed E-state index contributed by atoms with van der Waals surface area (Å²) < 4.78 is 0. The molecule has 6 heteroatoms. The Balaban J connectivity index is 2.07. The van der Waals surface area contributed by atoms with Crippen molar-refractivity contribution in [2.45, 2.75) is 25.7 Å². The van der Waals surface area contributed by atoms with Gasteiger partial charge in [-0.2, -0.15) is 0 Å². The molecule has 104 valence electrons. The van der Waals surface area contributed by atoms with Gasteiger partial charge in [-0.05, 0) is 30.9 Å². The first-order valence-corrected chi connectivity index (χ1v) is 6.87. The normalized spacial score (nSPS) is 15.5. The Bertz CT molecular complexity index is 460. The van der Waals surface area contributed by atoms with Crippen LogP contribution in [0, 0.1) is 5.92 Å². The number of nitrogens with one attached hydrogen (secondary N) is 1. The SMILES string of the molecule is CN(CC1CCCC1)C(=O)c1cc(Cl)nc(NN)c1. The Morgan fingerprint density at radius 1 is 1.53 bits per heavy atom. The molecule has 2 rings (SSSR count). The molecule has 5 nitrogen and oxygen atoms in total. The number of carbonyl (C=O) groups excluding carboxylic acids is 1. The second-order valence-corrected chi connectivity index (χ2v) is 5.43. The Kier molecular flexibility index (Phi) is 4.61. The number of nitrogens with two attached hydrogens (primary N) is 1. The Morgan fingerprint density at radius 2 is 2.21 bits per heavy atom. The molecule has 19 heavy (non-hydrogen) atoms. The molecular weight excluding hydrogens is 264 g/mol. The number of carbonyl (C=O) groups is 1. The smallest absolute Gasteiger partial charge is 0.253 e. The van der Waals surface area contributed by atoms with Crippen LogP contribution in [0.5, 0.6) is 0 Å². The van der Waals surface area contributed by atoms with E-state index in [1.165, 1.54) is 25.7 Å². The van der Waals surface area contributed by atoms with Gasteiger partial charge >= 0.3 is 0 Å². The largest absolute Gasteiger partial charge is 0.341 e. The Morgan fingerprint density at radius 3 is 2.84 bits per heavy atom. The summed E-state index contributed by atoms with van der Waals surface area (Å²) in [4.78, 5) is 18.0. The van der Waals surface area contributed by atoms with Gasteiger partial charge in [-0.15, -0.1) is 0 Å². The molecule has 1 aromatic heterocycles. The van der Waals surface area contributed by atoms with Gasteiger partial charge in [0.05, 0.1) is 0 Å². The third-order valence-electron chi connectivity index (χ3n) is 3.54. The number of hydrogen-bond donors (Lipinski definition) is 2. The first-order valence-electron chi connectivity index (χ1n) is 6.50. The van der Waals surface area contributed by atoms with E-state index in [2.05, 4.69) is 10.4 Å². The van der Waals surface area contributed by atoms with E-state index in [4.69, 9.17) is 17.4 Å². The number of nitrogens with zero attached hydrogens (tertiary/aromatic N) is 2. The van der Waals surface area contributed by atoms with Gasteiger partial charge in [-0.1, -0.05) is 24.4 Å². The van der Waals surface area contributed by atoms with Crippen LogP contribution in [0.15, 0.2) is 12.1 Å². The molecule has 1 aliphatic rings. The van der Waals surface area contributed by atoms with E-state index in [0.29, 0.717) is 17.3 Å². The molecule has 0 aliphatic heterocycles. The molecule has 3 N–H and O–H groups in total. The van der Waals surface area contributed by atoms with Crippen LogP contribution in [0.25, 0.3) is 0 Å². The molecule has 1 saturated carbocycles. The van der Waals surface area contributed by atoms with E-state index in [1.54, 1.807) is 17.0 Å². The summed E-state index contributed by atoms with van der Waals surface area (Å²) in [5.41, 5.74) is 2.92. The predicted octanol–water partition coefficient (Wildman–Crippen LogP) is 2.28. The molecule has 1 fully saturated rings. The van der Waals surface area contributed by atoms with E-state index >= 15 is 0 Å². The summed E-state index contributed by atoms with van der Waals surface area (Å²) in [6.45, 7) is 0.796. The number of hydrazine groups is 1. The second kappa shape index (κ2) is 6.21. The molecule has 0 unspecified atom stereocenters. The lowest BCUT2D eigenvalue weighted by Crippen LogP contribution is -2.31. The van der Waals surface area contributed by atoms with E-state index in [0.717, 1.165) is 6.54 Å². The summed E-state index contributed by atoms with van der Waals surface area (Å²) in [5, 5.41) is 0.257. The van der Waals surface area contributed by atoms with Crippen molar-refractivity contribution < 1.29 is 4.79 Å². The Labute approximate surface area is 118 Å². The fraction of sp³-hybridized carbons (Fsp3) is 0.538. The third-order valence-corrected chi connectivity index (χ3v) is 3.74. The summed E-state index contributed by atoms with van der Waals surface area (Å²) in [6, 6.07) is 3.18. The molecule has 0 atom stereocenters. The maximum Gasteiger partial charge on any atom is 0.253 e. The van der Waals surface area contributed by atoms with Gasteiger partial charge in [0.2, 0.25) is 0 Å². The quantitative estimate of drug-likeness (QED) is 0.505. The van der Waals surface area contributed by atoms with Crippen LogP contribution >= 0.6 is 11.6 Å². The van der Waals surface area contributed by atoms with Gasteiger partial charge in [-0.3, -0.25) is 4.79 Å². The first-order chi connectivity index (χ1) is 9.10. The first kappa shape index (κ1) is 14.1. The molecule has 1 amide bonds. The standard InChI is InChI=1S/C13H19ClN4O/c1-18(8-9-4-2-3-5-9)13(19)10-6-11(14)16-12(7-10)17-15/h6-7,9H,2-5,8,15H2,1H3,(H,16,17). The summed E-state index contributed by atoms with van der Waals surface area (Å²) in [7, 11) is 1.82. The van der Waals surface area contributed by atoms with E-state index in [-0.39, 0.29) is 11.1 Å².